The summed E-state index contributed by atoms with van der Waals surface area (Å²) in [5.41, 5.74) is 3.26. The molecular weight excluding hydrogens is 272 g/mol. The summed E-state index contributed by atoms with van der Waals surface area (Å²) in [4.78, 5) is 15.6. The predicted octanol–water partition coefficient (Wildman–Crippen LogP) is 3.55. The molecule has 0 aliphatic rings. The summed E-state index contributed by atoms with van der Waals surface area (Å²) in [6.45, 7) is 2.13. The van der Waals surface area contributed by atoms with Gasteiger partial charge in [-0.15, -0.1) is 11.3 Å². The van der Waals surface area contributed by atoms with Gasteiger partial charge >= 0.3 is 5.97 Å². The van der Waals surface area contributed by atoms with Crippen LogP contribution in [-0.4, -0.2) is 18.1 Å². The Morgan fingerprint density at radius 3 is 2.95 bits per heavy atom. The number of esters is 1. The number of carbonyl (C=O) groups is 1. The molecule has 0 amide bonds. The van der Waals surface area contributed by atoms with Gasteiger partial charge in [-0.05, 0) is 18.1 Å². The Hall–Kier alpha value is -1.88. The second kappa shape index (κ2) is 7.05. The minimum Gasteiger partial charge on any atom is -0.469 e. The fraction of sp³-hybridized carbons (Fsp3) is 0.333. The molecule has 0 atom stereocenters. The second-order valence-corrected chi connectivity index (χ2v) is 5.21. The summed E-state index contributed by atoms with van der Waals surface area (Å²) in [6, 6.07) is 8.20. The van der Waals surface area contributed by atoms with Gasteiger partial charge in [0, 0.05) is 17.5 Å². The van der Waals surface area contributed by atoms with E-state index in [1.54, 1.807) is 11.3 Å². The number of nitrogens with one attached hydrogen (secondary N) is 1. The largest absolute Gasteiger partial charge is 0.469 e. The van der Waals surface area contributed by atoms with E-state index in [-0.39, 0.29) is 5.97 Å². The highest BCUT2D eigenvalue weighted by molar-refractivity contribution is 7.13. The lowest BCUT2D eigenvalue weighted by molar-refractivity contribution is -0.140. The maximum Gasteiger partial charge on any atom is 0.305 e. The normalized spacial score (nSPS) is 10.3. The van der Waals surface area contributed by atoms with Gasteiger partial charge in [-0.3, -0.25) is 4.79 Å². The number of nitrogens with zero attached hydrogens (tertiary/aromatic N) is 1. The number of thiazole rings is 1. The number of rotatable bonds is 6. The zero-order valence-electron chi connectivity index (χ0n) is 11.7. The first-order valence-corrected chi connectivity index (χ1v) is 7.47. The molecule has 1 heterocycles. The molecule has 4 nitrogen and oxygen atoms in total. The number of methoxy groups -OCH3 is 1. The molecule has 5 heteroatoms. The quantitative estimate of drug-likeness (QED) is 0.827. The van der Waals surface area contributed by atoms with Crippen molar-refractivity contribution in [2.45, 2.75) is 26.2 Å². The molecule has 0 aliphatic heterocycles. The summed E-state index contributed by atoms with van der Waals surface area (Å²) < 4.78 is 4.63. The van der Waals surface area contributed by atoms with Gasteiger partial charge in [0.2, 0.25) is 0 Å². The highest BCUT2D eigenvalue weighted by atomic mass is 32.1. The van der Waals surface area contributed by atoms with Crippen molar-refractivity contribution in [2.24, 2.45) is 0 Å². The molecule has 2 rings (SSSR count). The van der Waals surface area contributed by atoms with Crippen LogP contribution in [0.4, 0.5) is 10.8 Å². The first kappa shape index (κ1) is 14.5. The van der Waals surface area contributed by atoms with Crippen LogP contribution < -0.4 is 5.32 Å². The minimum atomic E-state index is -0.205. The minimum absolute atomic E-state index is 0.205. The van der Waals surface area contributed by atoms with Crippen molar-refractivity contribution in [3.63, 3.8) is 0 Å². The van der Waals surface area contributed by atoms with E-state index >= 15 is 0 Å². The molecule has 0 radical (unpaired) electrons. The van der Waals surface area contributed by atoms with Gasteiger partial charge in [0.15, 0.2) is 5.13 Å². The van der Waals surface area contributed by atoms with Crippen molar-refractivity contribution >= 4 is 28.1 Å². The Balaban J connectivity index is 2.00. The standard InChI is InChI=1S/C15H18N2O2S/c1-3-11-6-4-5-7-13(11)17-15-16-12(10-20-15)8-9-14(18)19-2/h4-7,10H,3,8-9H2,1-2H3,(H,16,17). The number of para-hydroxylation sites is 1. The highest BCUT2D eigenvalue weighted by Crippen LogP contribution is 2.24. The van der Waals surface area contributed by atoms with Crippen molar-refractivity contribution in [2.75, 3.05) is 12.4 Å². The van der Waals surface area contributed by atoms with Crippen LogP contribution in [0, 0.1) is 0 Å². The first-order valence-electron chi connectivity index (χ1n) is 6.59. The Morgan fingerprint density at radius 2 is 2.20 bits per heavy atom. The van der Waals surface area contributed by atoms with E-state index in [9.17, 15) is 4.79 Å². The molecule has 1 aromatic heterocycles. The summed E-state index contributed by atoms with van der Waals surface area (Å²) in [5.74, 6) is -0.205. The number of hydrogen-bond donors (Lipinski definition) is 1. The molecule has 1 N–H and O–H groups in total. The van der Waals surface area contributed by atoms with E-state index in [1.807, 2.05) is 23.6 Å². The van der Waals surface area contributed by atoms with E-state index < -0.39 is 0 Å². The van der Waals surface area contributed by atoms with Crippen LogP contribution in [-0.2, 0) is 22.4 Å². The van der Waals surface area contributed by atoms with E-state index in [2.05, 4.69) is 28.0 Å². The SMILES string of the molecule is CCc1ccccc1Nc1nc(CCC(=O)OC)cs1. The van der Waals surface area contributed by atoms with Crippen molar-refractivity contribution in [1.29, 1.82) is 0 Å². The number of ether oxygens (including phenoxy) is 1. The van der Waals surface area contributed by atoms with Gasteiger partial charge in [-0.1, -0.05) is 25.1 Å². The van der Waals surface area contributed by atoms with E-state index in [4.69, 9.17) is 0 Å². The number of anilines is 2. The molecule has 0 fully saturated rings. The Labute approximate surface area is 122 Å². The van der Waals surface area contributed by atoms with Gasteiger partial charge < -0.3 is 10.1 Å². The summed E-state index contributed by atoms with van der Waals surface area (Å²) in [6.07, 6.45) is 1.95. The highest BCUT2D eigenvalue weighted by Gasteiger charge is 2.07. The average Bonchev–Trinajstić information content (AvgIpc) is 2.93. The summed E-state index contributed by atoms with van der Waals surface area (Å²) in [7, 11) is 1.40. The maximum absolute atomic E-state index is 11.1. The topological polar surface area (TPSA) is 51.2 Å². The molecule has 0 saturated carbocycles. The maximum atomic E-state index is 11.1. The van der Waals surface area contributed by atoms with Crippen molar-refractivity contribution in [3.05, 3.63) is 40.9 Å². The zero-order chi connectivity index (χ0) is 14.4. The van der Waals surface area contributed by atoms with Crippen molar-refractivity contribution < 1.29 is 9.53 Å². The van der Waals surface area contributed by atoms with Crippen LogP contribution in [0.1, 0.15) is 24.6 Å². The van der Waals surface area contributed by atoms with E-state index in [0.717, 1.165) is 22.9 Å². The van der Waals surface area contributed by atoms with Gasteiger partial charge in [0.25, 0.3) is 0 Å². The molecule has 0 unspecified atom stereocenters. The average molecular weight is 290 g/mol. The van der Waals surface area contributed by atoms with Crippen LogP contribution in [0.3, 0.4) is 0 Å². The molecule has 0 saturated heterocycles. The third-order valence-electron chi connectivity index (χ3n) is 3.00. The fourth-order valence-corrected chi connectivity index (χ4v) is 2.63. The molecule has 2 aromatic rings. The number of aryl methyl sites for hydroxylation is 2. The lowest BCUT2D eigenvalue weighted by Crippen LogP contribution is -2.02. The van der Waals surface area contributed by atoms with Gasteiger partial charge in [-0.2, -0.15) is 0 Å². The molecule has 1 aromatic carbocycles. The smallest absolute Gasteiger partial charge is 0.305 e. The van der Waals surface area contributed by atoms with Gasteiger partial charge in [-0.25, -0.2) is 4.98 Å². The molecule has 106 valence electrons. The number of aromatic nitrogens is 1. The van der Waals surface area contributed by atoms with Crippen LogP contribution in [0.15, 0.2) is 29.6 Å². The Kier molecular flexibility index (Phi) is 5.12. The third kappa shape index (κ3) is 3.81. The zero-order valence-corrected chi connectivity index (χ0v) is 12.5. The number of hydrogen-bond acceptors (Lipinski definition) is 5. The van der Waals surface area contributed by atoms with Crippen LogP contribution in [0.5, 0.6) is 0 Å². The van der Waals surface area contributed by atoms with Crippen LogP contribution in [0.25, 0.3) is 0 Å². The Bertz CT molecular complexity index is 581. The third-order valence-corrected chi connectivity index (χ3v) is 3.81. The van der Waals surface area contributed by atoms with Gasteiger partial charge in [0.05, 0.1) is 19.2 Å². The fourth-order valence-electron chi connectivity index (χ4n) is 1.88. The monoisotopic (exact) mass is 290 g/mol. The van der Waals surface area contributed by atoms with E-state index in [0.29, 0.717) is 12.8 Å². The van der Waals surface area contributed by atoms with Crippen molar-refractivity contribution in [3.8, 4) is 0 Å². The van der Waals surface area contributed by atoms with Crippen molar-refractivity contribution in [1.82, 2.24) is 4.98 Å². The van der Waals surface area contributed by atoms with Crippen LogP contribution in [0.2, 0.25) is 0 Å². The Morgan fingerprint density at radius 1 is 1.40 bits per heavy atom. The molecule has 0 spiro atoms. The first-order chi connectivity index (χ1) is 9.72. The summed E-state index contributed by atoms with van der Waals surface area (Å²) >= 11 is 1.55. The lowest BCUT2D eigenvalue weighted by atomic mass is 10.1. The predicted molar refractivity (Wildman–Crippen MR) is 81.6 cm³/mol. The molecular formula is C15H18N2O2S. The number of benzene rings is 1. The number of carbonyl (C=O) groups excluding carboxylic acids is 1. The molecule has 20 heavy (non-hydrogen) atoms. The van der Waals surface area contributed by atoms with Crippen LogP contribution >= 0.6 is 11.3 Å². The lowest BCUT2D eigenvalue weighted by Gasteiger charge is -2.07. The molecule has 0 aliphatic carbocycles. The van der Waals surface area contributed by atoms with Gasteiger partial charge in [0.1, 0.15) is 0 Å². The summed E-state index contributed by atoms with van der Waals surface area (Å²) in [5, 5.41) is 6.16. The second-order valence-electron chi connectivity index (χ2n) is 4.36. The van der Waals surface area contributed by atoms with E-state index in [1.165, 1.54) is 12.7 Å². The molecule has 0 bridgehead atoms.